The van der Waals surface area contributed by atoms with Gasteiger partial charge in [-0.15, -0.1) is 24.0 Å². The number of aliphatic hydroxyl groups is 1. The number of rotatable bonds is 6. The molecule has 30 heavy (non-hydrogen) atoms. The summed E-state index contributed by atoms with van der Waals surface area (Å²) in [5, 5.41) is 16.4. The van der Waals surface area contributed by atoms with E-state index in [9.17, 15) is 9.50 Å². The van der Waals surface area contributed by atoms with Crippen LogP contribution in [0.2, 0.25) is 0 Å². The van der Waals surface area contributed by atoms with Crippen LogP contribution in [0.25, 0.3) is 0 Å². The largest absolute Gasteiger partial charge is 0.393 e. The maximum absolute atomic E-state index is 14.7. The van der Waals surface area contributed by atoms with Crippen LogP contribution in [-0.4, -0.2) is 67.4 Å². The summed E-state index contributed by atoms with van der Waals surface area (Å²) in [7, 11) is 0. The lowest BCUT2D eigenvalue weighted by atomic mass is 9.93. The molecule has 8 heteroatoms. The van der Waals surface area contributed by atoms with Gasteiger partial charge in [-0.25, -0.2) is 9.38 Å². The first kappa shape index (κ1) is 25.1. The van der Waals surface area contributed by atoms with E-state index in [4.69, 9.17) is 0 Å². The molecule has 1 aliphatic carbocycles. The third-order valence-corrected chi connectivity index (χ3v) is 5.97. The summed E-state index contributed by atoms with van der Waals surface area (Å²) >= 11 is 0. The molecule has 1 aromatic carbocycles. The minimum Gasteiger partial charge on any atom is -0.393 e. The third-order valence-electron chi connectivity index (χ3n) is 5.97. The fourth-order valence-corrected chi connectivity index (χ4v) is 4.11. The lowest BCUT2D eigenvalue weighted by Gasteiger charge is -2.35. The van der Waals surface area contributed by atoms with Crippen molar-refractivity contribution in [2.45, 2.75) is 58.2 Å². The number of guanidine groups is 1. The quantitative estimate of drug-likeness (QED) is 0.298. The number of aliphatic hydroxyl groups excluding tert-OH is 1. The number of anilines is 1. The van der Waals surface area contributed by atoms with E-state index in [1.807, 2.05) is 19.1 Å². The minimum absolute atomic E-state index is 0. The molecule has 0 spiro atoms. The summed E-state index contributed by atoms with van der Waals surface area (Å²) in [5.74, 6) is 0.593. The van der Waals surface area contributed by atoms with Crippen LogP contribution in [0.1, 0.15) is 45.1 Å². The van der Waals surface area contributed by atoms with Crippen LogP contribution in [0.5, 0.6) is 0 Å². The molecule has 2 fully saturated rings. The molecular formula is C22H37FIN5O. The molecule has 0 amide bonds. The van der Waals surface area contributed by atoms with Gasteiger partial charge < -0.3 is 25.5 Å². The molecule has 1 aliphatic heterocycles. The number of aliphatic imine (C=N–C) groups is 1. The highest BCUT2D eigenvalue weighted by Crippen LogP contribution is 2.22. The van der Waals surface area contributed by atoms with Crippen LogP contribution < -0.4 is 15.5 Å². The zero-order valence-corrected chi connectivity index (χ0v) is 20.6. The number of nitrogens with zero attached hydrogens (tertiary/aromatic N) is 3. The first-order valence-corrected chi connectivity index (χ1v) is 11.1. The maximum atomic E-state index is 14.7. The monoisotopic (exact) mass is 533 g/mol. The Balaban J connectivity index is 0.00000320. The summed E-state index contributed by atoms with van der Waals surface area (Å²) in [5.41, 5.74) is 1.56. The molecule has 0 unspecified atom stereocenters. The second kappa shape index (κ2) is 12.7. The van der Waals surface area contributed by atoms with E-state index < -0.39 is 0 Å². The molecule has 0 aromatic heterocycles. The highest BCUT2D eigenvalue weighted by atomic mass is 127. The standard InChI is InChI=1S/C22H36FN5O.HI/c1-3-24-22(26-18-6-8-19(29)9-7-18)25-16-17-5-10-21(20(23)15-17)28-13-11-27(4-2)12-14-28;/h5,10,15,18-19,29H,3-4,6-9,11-14,16H2,1-2H3,(H2,24,25,26);1H. The molecule has 1 saturated heterocycles. The van der Waals surface area contributed by atoms with Crippen LogP contribution in [0.4, 0.5) is 10.1 Å². The predicted octanol–water partition coefficient (Wildman–Crippen LogP) is 2.94. The Labute approximate surface area is 197 Å². The van der Waals surface area contributed by atoms with E-state index >= 15 is 0 Å². The summed E-state index contributed by atoms with van der Waals surface area (Å²) < 4.78 is 14.7. The van der Waals surface area contributed by atoms with Crippen molar-refractivity contribution in [3.05, 3.63) is 29.6 Å². The van der Waals surface area contributed by atoms with Crippen molar-refractivity contribution in [2.75, 3.05) is 44.2 Å². The van der Waals surface area contributed by atoms with E-state index in [0.717, 1.165) is 76.5 Å². The van der Waals surface area contributed by atoms with Crippen LogP contribution in [0.15, 0.2) is 23.2 Å². The van der Waals surface area contributed by atoms with E-state index in [2.05, 4.69) is 32.3 Å². The second-order valence-electron chi connectivity index (χ2n) is 8.05. The number of likely N-dealkylation sites (N-methyl/N-ethyl adjacent to an activating group) is 1. The Morgan fingerprint density at radius 1 is 1.13 bits per heavy atom. The molecular weight excluding hydrogens is 496 g/mol. The van der Waals surface area contributed by atoms with Crippen LogP contribution in [0, 0.1) is 5.82 Å². The van der Waals surface area contributed by atoms with Gasteiger partial charge in [0, 0.05) is 38.8 Å². The summed E-state index contributed by atoms with van der Waals surface area (Å²) in [6, 6.07) is 5.82. The first-order valence-electron chi connectivity index (χ1n) is 11.1. The van der Waals surface area contributed by atoms with Crippen molar-refractivity contribution in [1.82, 2.24) is 15.5 Å². The molecule has 2 aliphatic rings. The van der Waals surface area contributed by atoms with E-state index in [0.29, 0.717) is 18.3 Å². The van der Waals surface area contributed by atoms with Crippen molar-refractivity contribution >= 4 is 35.6 Å². The number of benzene rings is 1. The Morgan fingerprint density at radius 2 is 1.83 bits per heavy atom. The van der Waals surface area contributed by atoms with Crippen molar-refractivity contribution < 1.29 is 9.50 Å². The molecule has 1 aromatic rings. The minimum atomic E-state index is -0.168. The van der Waals surface area contributed by atoms with E-state index in [1.54, 1.807) is 6.07 Å². The Hall–Kier alpha value is -1.13. The maximum Gasteiger partial charge on any atom is 0.191 e. The lowest BCUT2D eigenvalue weighted by Crippen LogP contribution is -2.46. The number of hydrogen-bond acceptors (Lipinski definition) is 4. The van der Waals surface area contributed by atoms with Gasteiger partial charge in [-0.1, -0.05) is 13.0 Å². The van der Waals surface area contributed by atoms with Gasteiger partial charge in [0.05, 0.1) is 18.3 Å². The summed E-state index contributed by atoms with van der Waals surface area (Å²) in [6.07, 6.45) is 3.38. The highest BCUT2D eigenvalue weighted by Gasteiger charge is 2.20. The van der Waals surface area contributed by atoms with Crippen molar-refractivity contribution in [1.29, 1.82) is 0 Å². The molecule has 1 heterocycles. The van der Waals surface area contributed by atoms with Crippen LogP contribution >= 0.6 is 24.0 Å². The van der Waals surface area contributed by atoms with Gasteiger partial charge in [0.1, 0.15) is 5.82 Å². The second-order valence-corrected chi connectivity index (χ2v) is 8.05. The fourth-order valence-electron chi connectivity index (χ4n) is 4.11. The van der Waals surface area contributed by atoms with Gasteiger partial charge in [0.2, 0.25) is 0 Å². The van der Waals surface area contributed by atoms with Crippen molar-refractivity contribution in [3.8, 4) is 0 Å². The summed E-state index contributed by atoms with van der Waals surface area (Å²) in [6.45, 7) is 10.2. The van der Waals surface area contributed by atoms with Gasteiger partial charge in [-0.05, 0) is 56.8 Å². The number of halogens is 2. The summed E-state index contributed by atoms with van der Waals surface area (Å²) in [4.78, 5) is 9.17. The Morgan fingerprint density at radius 3 is 2.43 bits per heavy atom. The van der Waals surface area contributed by atoms with E-state index in [-0.39, 0.29) is 35.9 Å². The number of hydrogen-bond donors (Lipinski definition) is 3. The molecule has 0 radical (unpaired) electrons. The third kappa shape index (κ3) is 7.23. The molecule has 0 atom stereocenters. The predicted molar refractivity (Wildman–Crippen MR) is 132 cm³/mol. The SMILES string of the molecule is CCNC(=NCc1ccc(N2CCN(CC)CC2)c(F)c1)NC1CCC(O)CC1.I. The molecule has 0 bridgehead atoms. The van der Waals surface area contributed by atoms with E-state index in [1.165, 1.54) is 0 Å². The molecule has 3 N–H and O–H groups in total. The zero-order valence-electron chi connectivity index (χ0n) is 18.2. The fraction of sp³-hybridized carbons (Fsp3) is 0.682. The number of nitrogens with one attached hydrogen (secondary N) is 2. The van der Waals surface area contributed by atoms with Gasteiger partial charge in [0.25, 0.3) is 0 Å². The van der Waals surface area contributed by atoms with Gasteiger partial charge in [0.15, 0.2) is 5.96 Å². The first-order chi connectivity index (χ1) is 14.1. The Bertz CT molecular complexity index is 673. The van der Waals surface area contributed by atoms with Crippen molar-refractivity contribution in [3.63, 3.8) is 0 Å². The highest BCUT2D eigenvalue weighted by molar-refractivity contribution is 14.0. The van der Waals surface area contributed by atoms with Crippen LogP contribution in [-0.2, 0) is 6.54 Å². The zero-order chi connectivity index (χ0) is 20.6. The van der Waals surface area contributed by atoms with Crippen LogP contribution in [0.3, 0.4) is 0 Å². The normalized spacial score (nSPS) is 23.1. The van der Waals surface area contributed by atoms with Gasteiger partial charge in [-0.2, -0.15) is 0 Å². The Kier molecular flexibility index (Phi) is 10.6. The topological polar surface area (TPSA) is 63.1 Å². The van der Waals surface area contributed by atoms with Gasteiger partial charge in [-0.3, -0.25) is 0 Å². The molecule has 1 saturated carbocycles. The smallest absolute Gasteiger partial charge is 0.191 e. The molecule has 6 nitrogen and oxygen atoms in total. The van der Waals surface area contributed by atoms with Crippen molar-refractivity contribution in [2.24, 2.45) is 4.99 Å². The molecule has 3 rings (SSSR count). The average molecular weight is 533 g/mol. The number of piperazine rings is 1. The molecule has 170 valence electrons. The average Bonchev–Trinajstić information content (AvgIpc) is 2.74. The van der Waals surface area contributed by atoms with Gasteiger partial charge >= 0.3 is 0 Å². The lowest BCUT2D eigenvalue weighted by molar-refractivity contribution is 0.120.